The molecular weight excluding hydrogens is 522 g/mol. The molecule has 0 saturated carbocycles. The van der Waals surface area contributed by atoms with Gasteiger partial charge < -0.3 is 0 Å². The third kappa shape index (κ3) is 4.94. The van der Waals surface area contributed by atoms with Gasteiger partial charge in [0.05, 0.1) is 14.7 Å². The molecule has 1 saturated heterocycles. The van der Waals surface area contributed by atoms with E-state index >= 15 is 0 Å². The van der Waals surface area contributed by atoms with Crippen LogP contribution in [-0.2, 0) is 30.1 Å². The van der Waals surface area contributed by atoms with Crippen molar-refractivity contribution >= 4 is 35.9 Å². The fraction of sp³-hybridized carbons (Fsp3) is 0.208. The van der Waals surface area contributed by atoms with Gasteiger partial charge >= 0.3 is 0 Å². The number of hydrazine groups is 1. The molecule has 0 bridgehead atoms. The second-order valence-corrected chi connectivity index (χ2v) is 13.7. The number of benzene rings is 3. The highest BCUT2D eigenvalue weighted by Gasteiger charge is 2.45. The molecule has 9 nitrogen and oxygen atoms in total. The van der Waals surface area contributed by atoms with Gasteiger partial charge in [-0.05, 0) is 57.2 Å². The van der Waals surface area contributed by atoms with Crippen molar-refractivity contribution in [1.29, 1.82) is 0 Å². The number of sulfonamides is 3. The molecule has 190 valence electrons. The minimum atomic E-state index is -4.53. The van der Waals surface area contributed by atoms with E-state index in [1.54, 1.807) is 57.2 Å². The molecule has 0 amide bonds. The van der Waals surface area contributed by atoms with Gasteiger partial charge in [-0.25, -0.2) is 8.42 Å². The van der Waals surface area contributed by atoms with E-state index in [4.69, 9.17) is 0 Å². The highest BCUT2D eigenvalue weighted by atomic mass is 32.2. The monoisotopic (exact) mass is 547 g/mol. The molecule has 0 atom stereocenters. The summed E-state index contributed by atoms with van der Waals surface area (Å²) in [5.41, 5.74) is 2.46. The predicted molar refractivity (Wildman–Crippen MR) is 136 cm³/mol. The van der Waals surface area contributed by atoms with Crippen LogP contribution in [0.2, 0.25) is 0 Å². The van der Waals surface area contributed by atoms with E-state index in [1.165, 1.54) is 36.4 Å². The molecule has 0 aromatic heterocycles. The predicted octanol–water partition coefficient (Wildman–Crippen LogP) is 3.40. The summed E-state index contributed by atoms with van der Waals surface area (Å²) in [5, 5.41) is 0. The van der Waals surface area contributed by atoms with E-state index < -0.39 is 35.9 Å². The first-order chi connectivity index (χ1) is 16.8. The molecule has 1 aliphatic rings. The van der Waals surface area contributed by atoms with E-state index in [-0.39, 0.29) is 27.7 Å². The van der Waals surface area contributed by atoms with Crippen molar-refractivity contribution in [3.63, 3.8) is 0 Å². The number of rotatable bonds is 6. The Kier molecular flexibility index (Phi) is 6.82. The summed E-state index contributed by atoms with van der Waals surface area (Å²) in [6, 6.07) is 17.7. The van der Waals surface area contributed by atoms with Crippen LogP contribution in [0.3, 0.4) is 0 Å². The number of amidine groups is 1. The third-order valence-electron chi connectivity index (χ3n) is 5.64. The molecule has 1 fully saturated rings. The van der Waals surface area contributed by atoms with Crippen LogP contribution in [-0.4, -0.2) is 46.5 Å². The summed E-state index contributed by atoms with van der Waals surface area (Å²) >= 11 is 0. The molecule has 1 heterocycles. The van der Waals surface area contributed by atoms with E-state index in [2.05, 4.69) is 4.40 Å². The summed E-state index contributed by atoms with van der Waals surface area (Å²) in [6.45, 7) is 5.06. The van der Waals surface area contributed by atoms with Gasteiger partial charge in [-0.15, -0.1) is 4.40 Å². The largest absolute Gasteiger partial charge is 0.284 e. The van der Waals surface area contributed by atoms with Gasteiger partial charge in [0.1, 0.15) is 0 Å². The van der Waals surface area contributed by atoms with E-state index in [9.17, 15) is 25.3 Å². The van der Waals surface area contributed by atoms with Crippen LogP contribution in [0.5, 0.6) is 0 Å². The van der Waals surface area contributed by atoms with E-state index in [0.29, 0.717) is 8.83 Å². The average molecular weight is 548 g/mol. The Balaban J connectivity index is 1.87. The maximum Gasteiger partial charge on any atom is 0.284 e. The maximum atomic E-state index is 13.7. The van der Waals surface area contributed by atoms with Gasteiger partial charge in [-0.2, -0.15) is 21.2 Å². The summed E-state index contributed by atoms with van der Waals surface area (Å²) in [7, 11) is -13.2. The molecule has 0 aliphatic carbocycles. The third-order valence-corrected chi connectivity index (χ3v) is 10.6. The molecule has 3 aromatic carbocycles. The highest BCUT2D eigenvalue weighted by Crippen LogP contribution is 2.31. The Bertz CT molecular complexity index is 1630. The van der Waals surface area contributed by atoms with Crippen LogP contribution >= 0.6 is 0 Å². The molecule has 1 aliphatic heterocycles. The molecule has 0 N–H and O–H groups in total. The number of hydrogen-bond donors (Lipinski definition) is 0. The Hall–Kier alpha value is -3.06. The summed E-state index contributed by atoms with van der Waals surface area (Å²) in [6.07, 6.45) is -0.221. The first kappa shape index (κ1) is 26.0. The molecular formula is C24H25N3O6S3. The van der Waals surface area contributed by atoms with Crippen LogP contribution < -0.4 is 0 Å². The molecule has 4 rings (SSSR count). The Labute approximate surface area is 211 Å². The number of hydrogen-bond acceptors (Lipinski definition) is 6. The SMILES string of the molecule is Cc1ccc(S(=O)(=O)N=C2CCN(S(=O)(=O)c3ccc(C)cc3)N2S(=O)(=O)c2ccc(C)cc2)cc1. The Morgan fingerprint density at radius 3 is 1.42 bits per heavy atom. The van der Waals surface area contributed by atoms with E-state index in [0.717, 1.165) is 16.7 Å². The lowest BCUT2D eigenvalue weighted by Crippen LogP contribution is -2.46. The summed E-state index contributed by atoms with van der Waals surface area (Å²) in [4.78, 5) is -0.451. The van der Waals surface area contributed by atoms with Crippen molar-refractivity contribution in [2.75, 3.05) is 6.54 Å². The quantitative estimate of drug-likeness (QED) is 0.466. The van der Waals surface area contributed by atoms with E-state index in [1.807, 2.05) is 0 Å². The Morgan fingerprint density at radius 1 is 0.583 bits per heavy atom. The van der Waals surface area contributed by atoms with Crippen molar-refractivity contribution in [1.82, 2.24) is 8.83 Å². The molecule has 0 radical (unpaired) electrons. The van der Waals surface area contributed by atoms with Crippen LogP contribution in [0.25, 0.3) is 0 Å². The highest BCUT2D eigenvalue weighted by molar-refractivity contribution is 7.93. The molecule has 36 heavy (non-hydrogen) atoms. The lowest BCUT2D eigenvalue weighted by atomic mass is 10.2. The van der Waals surface area contributed by atoms with Crippen LogP contribution in [0.1, 0.15) is 23.1 Å². The van der Waals surface area contributed by atoms with Crippen molar-refractivity contribution in [3.05, 3.63) is 89.5 Å². The minimum Gasteiger partial charge on any atom is -0.205 e. The zero-order valence-electron chi connectivity index (χ0n) is 19.9. The average Bonchev–Trinajstić information content (AvgIpc) is 3.24. The molecule has 0 unspecified atom stereocenters. The standard InChI is InChI=1S/C24H25N3O6S3/c1-18-4-10-21(11-5-18)34(28,29)25-24-16-17-26(35(30,31)22-12-6-19(2)7-13-22)27(24)36(32,33)23-14-8-20(3)9-15-23/h4-15H,16-17H2,1-3H3. The zero-order valence-corrected chi connectivity index (χ0v) is 22.3. The lowest BCUT2D eigenvalue weighted by Gasteiger charge is -2.28. The van der Waals surface area contributed by atoms with Gasteiger partial charge in [0, 0.05) is 13.0 Å². The van der Waals surface area contributed by atoms with Gasteiger partial charge in [0.25, 0.3) is 30.1 Å². The molecule has 12 heteroatoms. The summed E-state index contributed by atoms with van der Waals surface area (Å²) < 4.78 is 85.5. The van der Waals surface area contributed by atoms with Gasteiger partial charge in [-0.1, -0.05) is 57.5 Å². The zero-order chi connectivity index (χ0) is 26.3. The fourth-order valence-corrected chi connectivity index (χ4v) is 7.98. The second kappa shape index (κ2) is 9.43. The smallest absolute Gasteiger partial charge is 0.205 e. The molecule has 3 aromatic rings. The summed E-state index contributed by atoms with van der Waals surface area (Å²) in [5.74, 6) is -0.410. The van der Waals surface area contributed by atoms with Gasteiger partial charge in [0.15, 0.2) is 5.84 Å². The minimum absolute atomic E-state index is 0.125. The van der Waals surface area contributed by atoms with Crippen LogP contribution in [0.4, 0.5) is 0 Å². The Morgan fingerprint density at radius 2 is 0.972 bits per heavy atom. The van der Waals surface area contributed by atoms with Crippen LogP contribution in [0.15, 0.2) is 91.9 Å². The topological polar surface area (TPSA) is 121 Å². The molecule has 0 spiro atoms. The van der Waals surface area contributed by atoms with Crippen molar-refractivity contribution < 1.29 is 25.3 Å². The number of aryl methyl sites for hydroxylation is 3. The van der Waals surface area contributed by atoms with Crippen molar-refractivity contribution in [2.24, 2.45) is 4.40 Å². The van der Waals surface area contributed by atoms with Crippen molar-refractivity contribution in [2.45, 2.75) is 41.9 Å². The first-order valence-corrected chi connectivity index (χ1v) is 15.3. The fourth-order valence-electron chi connectivity index (χ4n) is 3.61. The van der Waals surface area contributed by atoms with Crippen LogP contribution in [0, 0.1) is 20.8 Å². The second-order valence-electron chi connectivity index (χ2n) is 8.47. The van der Waals surface area contributed by atoms with Gasteiger partial charge in [-0.3, -0.25) is 0 Å². The lowest BCUT2D eigenvalue weighted by molar-refractivity contribution is 0.286. The number of nitrogens with zero attached hydrogens (tertiary/aromatic N) is 3. The maximum absolute atomic E-state index is 13.7. The van der Waals surface area contributed by atoms with Crippen molar-refractivity contribution in [3.8, 4) is 0 Å². The first-order valence-electron chi connectivity index (χ1n) is 10.9. The van der Waals surface area contributed by atoms with Gasteiger partial charge in [0.2, 0.25) is 0 Å². The normalized spacial score (nSPS) is 16.5.